The normalized spacial score (nSPS) is 13.2. The lowest BCUT2D eigenvalue weighted by atomic mass is 9.93. The number of rotatable bonds is 14. The zero-order chi connectivity index (χ0) is 40.8. The van der Waals surface area contributed by atoms with Crippen LogP contribution in [-0.4, -0.2) is 58.5 Å². The number of ether oxygens (including phenoxy) is 1. The van der Waals surface area contributed by atoms with Crippen LogP contribution in [0.15, 0.2) is 97.1 Å². The van der Waals surface area contributed by atoms with Crippen molar-refractivity contribution in [2.45, 2.75) is 38.4 Å². The van der Waals surface area contributed by atoms with Crippen molar-refractivity contribution >= 4 is 52.6 Å². The van der Waals surface area contributed by atoms with Crippen LogP contribution in [-0.2, 0) is 15.1 Å². The highest BCUT2D eigenvalue weighted by molar-refractivity contribution is 6.39. The fourth-order valence-corrected chi connectivity index (χ4v) is 5.72. The van der Waals surface area contributed by atoms with Crippen molar-refractivity contribution in [3.05, 3.63) is 119 Å². The van der Waals surface area contributed by atoms with Crippen LogP contribution in [0.5, 0.6) is 6.01 Å². The molecule has 1 saturated carbocycles. The summed E-state index contributed by atoms with van der Waals surface area (Å²) in [5.74, 6) is -2.60. The highest BCUT2D eigenvalue weighted by atomic mass is 35.5. The molecule has 5 N–H and O–H groups in total. The topological polar surface area (TPSA) is 159 Å². The van der Waals surface area contributed by atoms with E-state index in [1.165, 1.54) is 24.3 Å². The Morgan fingerprint density at radius 2 is 1.42 bits per heavy atom. The van der Waals surface area contributed by atoms with Gasteiger partial charge in [0.25, 0.3) is 5.91 Å². The monoisotopic (exact) mass is 804 g/mol. The van der Waals surface area contributed by atoms with E-state index in [9.17, 15) is 31.9 Å². The van der Waals surface area contributed by atoms with E-state index in [2.05, 4.69) is 41.5 Å². The van der Waals surface area contributed by atoms with Crippen LogP contribution in [0.4, 0.5) is 40.8 Å². The number of hydrogen-bond donors (Lipinski definition) is 5. The molecule has 3 amide bonds. The van der Waals surface area contributed by atoms with E-state index in [0.717, 1.165) is 24.0 Å². The van der Waals surface area contributed by atoms with Crippen molar-refractivity contribution in [2.24, 2.45) is 5.41 Å². The molecule has 0 aliphatic heterocycles. The molecule has 0 atom stereocenters. The van der Waals surface area contributed by atoms with Gasteiger partial charge >= 0.3 is 24.0 Å². The van der Waals surface area contributed by atoms with E-state index in [-0.39, 0.29) is 30.8 Å². The second-order valence-electron chi connectivity index (χ2n) is 14.2. The number of halogens is 5. The summed E-state index contributed by atoms with van der Waals surface area (Å²) in [7, 11) is 0. The van der Waals surface area contributed by atoms with E-state index < -0.39 is 47.5 Å². The number of hydrogen-bond acceptors (Lipinski definition) is 9. The van der Waals surface area contributed by atoms with Gasteiger partial charge in [-0.2, -0.15) is 28.1 Å². The van der Waals surface area contributed by atoms with Crippen LogP contribution in [0.3, 0.4) is 0 Å². The average molecular weight is 805 g/mol. The fraction of sp³-hybridized carbons (Fsp3) is 0.250. The van der Waals surface area contributed by atoms with Crippen LogP contribution in [0.1, 0.15) is 42.6 Å². The third-order valence-corrected chi connectivity index (χ3v) is 9.09. The molecule has 12 nitrogen and oxygen atoms in total. The number of nitrogens with zero attached hydrogens (tertiary/aromatic N) is 3. The molecular formula is C40H37ClF4N8O4. The molecule has 1 heterocycles. The minimum atomic E-state index is -4.62. The van der Waals surface area contributed by atoms with Gasteiger partial charge in [-0.05, 0) is 95.6 Å². The zero-order valence-corrected chi connectivity index (χ0v) is 31.4. The predicted octanol–water partition coefficient (Wildman–Crippen LogP) is 7.63. The molecule has 0 bridgehead atoms. The molecule has 57 heavy (non-hydrogen) atoms. The number of alkyl halides is 3. The number of amides is 3. The predicted molar refractivity (Wildman–Crippen MR) is 207 cm³/mol. The van der Waals surface area contributed by atoms with Crippen LogP contribution in [0, 0.1) is 11.2 Å². The standard InChI is InChI=1S/C40H37ClF4N8O4/c1-38(2,22-47-33(55)34(56)48-30-14-6-24(7-15-30)26-4-3-5-29(42)20-26)21-46-32(54)25-8-16-31(17-9-25)49-35-50-36(52-37(51-35)57-23-40(43,44)45)53-39(18-19-39)27-10-12-28(41)13-11-27/h3-17,20H,18-19,21-23H2,1-2H3,(H,46,54)(H,47,55)(H,48,56)(H2,49,50,51,52,53). The molecule has 1 aliphatic rings. The number of anilines is 4. The molecule has 0 saturated heterocycles. The summed E-state index contributed by atoms with van der Waals surface area (Å²) in [5, 5.41) is 14.6. The van der Waals surface area contributed by atoms with E-state index in [0.29, 0.717) is 27.5 Å². The molecule has 1 aliphatic carbocycles. The van der Waals surface area contributed by atoms with Gasteiger partial charge in [-0.15, -0.1) is 0 Å². The lowest BCUT2D eigenvalue weighted by Gasteiger charge is -2.25. The first-order valence-corrected chi connectivity index (χ1v) is 18.0. The minimum absolute atomic E-state index is 0.000982. The largest absolute Gasteiger partial charge is 0.454 e. The highest BCUT2D eigenvalue weighted by Gasteiger charge is 2.45. The molecule has 6 rings (SSSR count). The van der Waals surface area contributed by atoms with Gasteiger partial charge in [0.05, 0.1) is 5.54 Å². The molecule has 5 aromatic rings. The SMILES string of the molecule is CC(C)(CNC(=O)C(=O)Nc1ccc(-c2cccc(F)c2)cc1)CNC(=O)c1ccc(Nc2nc(NC3(c4ccc(Cl)cc4)CC3)nc(OCC(F)(F)F)n2)cc1. The second kappa shape index (κ2) is 16.8. The summed E-state index contributed by atoms with van der Waals surface area (Å²) in [6.45, 7) is 2.22. The van der Waals surface area contributed by atoms with Gasteiger partial charge in [-0.3, -0.25) is 14.4 Å². The first-order chi connectivity index (χ1) is 27.0. The van der Waals surface area contributed by atoms with Crippen molar-refractivity contribution in [1.29, 1.82) is 0 Å². The Labute approximate surface area is 329 Å². The van der Waals surface area contributed by atoms with Gasteiger partial charge in [0.1, 0.15) is 5.82 Å². The molecule has 0 spiro atoms. The maximum Gasteiger partial charge on any atom is 0.422 e. The zero-order valence-electron chi connectivity index (χ0n) is 30.6. The summed E-state index contributed by atoms with van der Waals surface area (Å²) >= 11 is 6.04. The van der Waals surface area contributed by atoms with Gasteiger partial charge in [-0.1, -0.05) is 61.8 Å². The summed E-state index contributed by atoms with van der Waals surface area (Å²) in [6, 6.07) is 25.5. The van der Waals surface area contributed by atoms with E-state index in [4.69, 9.17) is 16.3 Å². The molecule has 17 heteroatoms. The Morgan fingerprint density at radius 3 is 2.07 bits per heavy atom. The first kappa shape index (κ1) is 40.4. The molecule has 0 radical (unpaired) electrons. The molecule has 4 aromatic carbocycles. The van der Waals surface area contributed by atoms with Gasteiger partial charge in [0.2, 0.25) is 11.9 Å². The molecule has 296 valence electrons. The van der Waals surface area contributed by atoms with Crippen LogP contribution in [0.25, 0.3) is 11.1 Å². The number of nitrogens with one attached hydrogen (secondary N) is 5. The van der Waals surface area contributed by atoms with Crippen molar-refractivity contribution in [2.75, 3.05) is 35.6 Å². The average Bonchev–Trinajstić information content (AvgIpc) is 3.96. The van der Waals surface area contributed by atoms with E-state index >= 15 is 0 Å². The summed E-state index contributed by atoms with van der Waals surface area (Å²) in [5.41, 5.74) is 2.24. The van der Waals surface area contributed by atoms with Gasteiger partial charge in [0.15, 0.2) is 6.61 Å². The van der Waals surface area contributed by atoms with Crippen LogP contribution < -0.4 is 31.3 Å². The smallest absolute Gasteiger partial charge is 0.422 e. The van der Waals surface area contributed by atoms with Gasteiger partial charge < -0.3 is 31.3 Å². The summed E-state index contributed by atoms with van der Waals surface area (Å²) in [6.07, 6.45) is -3.16. The Balaban J connectivity index is 1.01. The van der Waals surface area contributed by atoms with Crippen molar-refractivity contribution < 1.29 is 36.7 Å². The fourth-order valence-electron chi connectivity index (χ4n) is 5.59. The quantitative estimate of drug-likeness (QED) is 0.0562. The lowest BCUT2D eigenvalue weighted by Crippen LogP contribution is -2.44. The van der Waals surface area contributed by atoms with E-state index in [1.54, 1.807) is 74.5 Å². The van der Waals surface area contributed by atoms with Crippen molar-refractivity contribution in [3.8, 4) is 17.1 Å². The molecule has 0 unspecified atom stereocenters. The van der Waals surface area contributed by atoms with Crippen molar-refractivity contribution in [1.82, 2.24) is 25.6 Å². The Bertz CT molecular complexity index is 2240. The second-order valence-corrected chi connectivity index (χ2v) is 14.6. The van der Waals surface area contributed by atoms with Gasteiger partial charge in [0, 0.05) is 35.1 Å². The molecule has 1 fully saturated rings. The number of benzene rings is 4. The Morgan fingerprint density at radius 1 is 0.772 bits per heavy atom. The molecule has 1 aromatic heterocycles. The van der Waals surface area contributed by atoms with Crippen LogP contribution in [0.2, 0.25) is 5.02 Å². The molecular weight excluding hydrogens is 768 g/mol. The number of carbonyl (C=O) groups is 3. The number of carbonyl (C=O) groups excluding carboxylic acids is 3. The first-order valence-electron chi connectivity index (χ1n) is 17.7. The third-order valence-electron chi connectivity index (χ3n) is 8.84. The Hall–Kier alpha value is -6.29. The maximum absolute atomic E-state index is 13.6. The van der Waals surface area contributed by atoms with Crippen molar-refractivity contribution in [3.63, 3.8) is 0 Å². The van der Waals surface area contributed by atoms with Gasteiger partial charge in [-0.25, -0.2) is 4.39 Å². The Kier molecular flexibility index (Phi) is 11.9. The summed E-state index contributed by atoms with van der Waals surface area (Å²) in [4.78, 5) is 50.5. The van der Waals surface area contributed by atoms with Crippen LogP contribution >= 0.6 is 11.6 Å². The summed E-state index contributed by atoms with van der Waals surface area (Å²) < 4.78 is 57.3. The lowest BCUT2D eigenvalue weighted by molar-refractivity contribution is -0.154. The third kappa shape index (κ3) is 11.4. The highest BCUT2D eigenvalue weighted by Crippen LogP contribution is 2.48. The maximum atomic E-state index is 13.6. The minimum Gasteiger partial charge on any atom is -0.454 e. The van der Waals surface area contributed by atoms with E-state index in [1.807, 2.05) is 12.1 Å². The number of aromatic nitrogens is 3.